The molecular formula is C18H12O2. The second-order valence-electron chi connectivity index (χ2n) is 4.66. The highest BCUT2D eigenvalue weighted by Crippen LogP contribution is 2.34. The van der Waals surface area contributed by atoms with Crippen LogP contribution >= 0.6 is 0 Å². The molecule has 2 nitrogen and oxygen atoms in total. The van der Waals surface area contributed by atoms with Crippen molar-refractivity contribution in [3.63, 3.8) is 0 Å². The minimum Gasteiger partial charge on any atom is -0.464 e. The van der Waals surface area contributed by atoms with Gasteiger partial charge in [0.05, 0.1) is 12.5 Å². The predicted molar refractivity (Wildman–Crippen MR) is 79.4 cm³/mol. The lowest BCUT2D eigenvalue weighted by Crippen LogP contribution is -1.82. The summed E-state index contributed by atoms with van der Waals surface area (Å²) in [6.45, 7) is 0. The predicted octanol–water partition coefficient (Wildman–Crippen LogP) is 5.36. The van der Waals surface area contributed by atoms with Crippen LogP contribution < -0.4 is 0 Å². The molecule has 0 amide bonds. The average molecular weight is 260 g/mol. The minimum absolute atomic E-state index is 0.882. The lowest BCUT2D eigenvalue weighted by atomic mass is 9.98. The first kappa shape index (κ1) is 11.1. The van der Waals surface area contributed by atoms with E-state index in [0.29, 0.717) is 0 Å². The Morgan fingerprint density at radius 2 is 1.00 bits per heavy atom. The molecule has 0 bridgehead atoms. The Balaban J connectivity index is 2.04. The molecule has 0 saturated heterocycles. The van der Waals surface area contributed by atoms with Crippen LogP contribution in [0.1, 0.15) is 0 Å². The molecule has 0 atom stereocenters. The van der Waals surface area contributed by atoms with Gasteiger partial charge in [-0.1, -0.05) is 36.4 Å². The van der Waals surface area contributed by atoms with E-state index in [9.17, 15) is 0 Å². The Labute approximate surface area is 116 Å². The topological polar surface area (TPSA) is 26.3 Å². The van der Waals surface area contributed by atoms with Crippen molar-refractivity contribution in [3.8, 4) is 22.6 Å². The molecule has 0 saturated carbocycles. The summed E-state index contributed by atoms with van der Waals surface area (Å²) in [6.07, 6.45) is 3.40. The number of benzene rings is 2. The van der Waals surface area contributed by atoms with Gasteiger partial charge in [0.25, 0.3) is 0 Å². The number of fused-ring (bicyclic) bond motifs is 1. The SMILES string of the molecule is c1coc(-c2cccc3c(-c4ccco4)cccc23)c1. The first-order valence-corrected chi connectivity index (χ1v) is 6.53. The van der Waals surface area contributed by atoms with Crippen LogP contribution in [0.4, 0.5) is 0 Å². The van der Waals surface area contributed by atoms with E-state index in [-0.39, 0.29) is 0 Å². The fraction of sp³-hybridized carbons (Fsp3) is 0. The van der Waals surface area contributed by atoms with Gasteiger partial charge < -0.3 is 8.83 Å². The smallest absolute Gasteiger partial charge is 0.134 e. The zero-order chi connectivity index (χ0) is 13.4. The fourth-order valence-electron chi connectivity index (χ4n) is 2.60. The Morgan fingerprint density at radius 3 is 1.40 bits per heavy atom. The van der Waals surface area contributed by atoms with E-state index in [0.717, 1.165) is 33.4 Å². The van der Waals surface area contributed by atoms with E-state index in [4.69, 9.17) is 8.83 Å². The summed E-state index contributed by atoms with van der Waals surface area (Å²) >= 11 is 0. The fourth-order valence-corrected chi connectivity index (χ4v) is 2.60. The molecule has 4 aromatic rings. The van der Waals surface area contributed by atoms with Crippen molar-refractivity contribution in [2.24, 2.45) is 0 Å². The van der Waals surface area contributed by atoms with Gasteiger partial charge in [-0.25, -0.2) is 0 Å². The molecule has 0 fully saturated rings. The molecule has 2 aromatic carbocycles. The van der Waals surface area contributed by atoms with Gasteiger partial charge in [-0.15, -0.1) is 0 Å². The summed E-state index contributed by atoms with van der Waals surface area (Å²) < 4.78 is 11.1. The Hall–Kier alpha value is -2.74. The van der Waals surface area contributed by atoms with Gasteiger partial charge in [-0.05, 0) is 35.0 Å². The molecule has 0 N–H and O–H groups in total. The first-order valence-electron chi connectivity index (χ1n) is 6.53. The third kappa shape index (κ3) is 1.66. The Kier molecular flexibility index (Phi) is 2.46. The summed E-state index contributed by atoms with van der Waals surface area (Å²) in [5.74, 6) is 1.76. The molecule has 96 valence electrons. The maximum Gasteiger partial charge on any atom is 0.134 e. The summed E-state index contributed by atoms with van der Waals surface area (Å²) in [6, 6.07) is 20.2. The van der Waals surface area contributed by atoms with Crippen molar-refractivity contribution in [1.82, 2.24) is 0 Å². The molecule has 0 aliphatic heterocycles. The molecule has 0 spiro atoms. The number of furan rings is 2. The summed E-state index contributed by atoms with van der Waals surface area (Å²) in [7, 11) is 0. The minimum atomic E-state index is 0.882. The largest absolute Gasteiger partial charge is 0.464 e. The standard InChI is InChI=1S/C18H12O2/c1-5-13-14(15(7-1)17-9-3-11-19-17)6-2-8-16(13)18-10-4-12-20-18/h1-12H. The summed E-state index contributed by atoms with van der Waals surface area (Å²) in [5, 5.41) is 2.33. The second-order valence-corrected chi connectivity index (χ2v) is 4.66. The van der Waals surface area contributed by atoms with Gasteiger partial charge >= 0.3 is 0 Å². The molecule has 0 aliphatic rings. The van der Waals surface area contributed by atoms with E-state index in [1.807, 2.05) is 36.4 Å². The van der Waals surface area contributed by atoms with E-state index in [1.54, 1.807) is 12.5 Å². The Bertz CT molecular complexity index is 767. The molecule has 2 aromatic heterocycles. The number of hydrogen-bond acceptors (Lipinski definition) is 2. The van der Waals surface area contributed by atoms with Crippen molar-refractivity contribution >= 4 is 10.8 Å². The first-order chi connectivity index (χ1) is 9.93. The van der Waals surface area contributed by atoms with Crippen LogP contribution in [-0.2, 0) is 0 Å². The molecule has 20 heavy (non-hydrogen) atoms. The van der Waals surface area contributed by atoms with Gasteiger partial charge in [-0.3, -0.25) is 0 Å². The van der Waals surface area contributed by atoms with E-state index in [1.165, 1.54) is 0 Å². The second kappa shape index (κ2) is 4.42. The van der Waals surface area contributed by atoms with Crippen molar-refractivity contribution in [2.75, 3.05) is 0 Å². The maximum absolute atomic E-state index is 5.53. The van der Waals surface area contributed by atoms with Crippen LogP contribution in [0.15, 0.2) is 82.0 Å². The quantitative estimate of drug-likeness (QED) is 0.485. The van der Waals surface area contributed by atoms with Crippen LogP contribution in [0.5, 0.6) is 0 Å². The average Bonchev–Trinajstić information content (AvgIpc) is 3.19. The zero-order valence-corrected chi connectivity index (χ0v) is 10.7. The maximum atomic E-state index is 5.53. The molecule has 0 radical (unpaired) electrons. The van der Waals surface area contributed by atoms with Crippen molar-refractivity contribution < 1.29 is 8.83 Å². The third-order valence-electron chi connectivity index (χ3n) is 3.50. The highest BCUT2D eigenvalue weighted by molar-refractivity contribution is 6.03. The lowest BCUT2D eigenvalue weighted by Gasteiger charge is -2.07. The number of rotatable bonds is 2. The monoisotopic (exact) mass is 260 g/mol. The van der Waals surface area contributed by atoms with Crippen molar-refractivity contribution in [1.29, 1.82) is 0 Å². The van der Waals surface area contributed by atoms with Crippen LogP contribution in [0.2, 0.25) is 0 Å². The highest BCUT2D eigenvalue weighted by atomic mass is 16.3. The van der Waals surface area contributed by atoms with Crippen LogP contribution in [-0.4, -0.2) is 0 Å². The third-order valence-corrected chi connectivity index (χ3v) is 3.50. The Morgan fingerprint density at radius 1 is 0.500 bits per heavy atom. The molecule has 2 heteroatoms. The zero-order valence-electron chi connectivity index (χ0n) is 10.7. The molecule has 0 aliphatic carbocycles. The summed E-state index contributed by atoms with van der Waals surface area (Å²) in [4.78, 5) is 0. The van der Waals surface area contributed by atoms with E-state index >= 15 is 0 Å². The molecule has 4 rings (SSSR count). The number of hydrogen-bond donors (Lipinski definition) is 0. The van der Waals surface area contributed by atoms with Crippen LogP contribution in [0.3, 0.4) is 0 Å². The van der Waals surface area contributed by atoms with Gasteiger partial charge in [-0.2, -0.15) is 0 Å². The van der Waals surface area contributed by atoms with E-state index in [2.05, 4.69) is 24.3 Å². The molecule has 2 heterocycles. The van der Waals surface area contributed by atoms with Crippen molar-refractivity contribution in [3.05, 3.63) is 73.2 Å². The highest BCUT2D eigenvalue weighted by Gasteiger charge is 2.10. The lowest BCUT2D eigenvalue weighted by molar-refractivity contribution is 0.582. The van der Waals surface area contributed by atoms with Crippen LogP contribution in [0.25, 0.3) is 33.4 Å². The normalized spacial score (nSPS) is 11.0. The van der Waals surface area contributed by atoms with E-state index < -0.39 is 0 Å². The van der Waals surface area contributed by atoms with Gasteiger partial charge in [0.1, 0.15) is 11.5 Å². The van der Waals surface area contributed by atoms with Crippen LogP contribution in [0, 0.1) is 0 Å². The molecule has 0 unspecified atom stereocenters. The van der Waals surface area contributed by atoms with Crippen molar-refractivity contribution in [2.45, 2.75) is 0 Å². The summed E-state index contributed by atoms with van der Waals surface area (Å²) in [5.41, 5.74) is 2.20. The van der Waals surface area contributed by atoms with Gasteiger partial charge in [0.15, 0.2) is 0 Å². The van der Waals surface area contributed by atoms with Gasteiger partial charge in [0, 0.05) is 11.1 Å². The molecular weight excluding hydrogens is 248 g/mol. The van der Waals surface area contributed by atoms with Gasteiger partial charge in [0.2, 0.25) is 0 Å².